The molecule has 82 valence electrons. The number of aromatic hydroxyl groups is 1. The maximum Gasteiger partial charge on any atom is 0.253 e. The van der Waals surface area contributed by atoms with E-state index in [1.165, 1.54) is 4.57 Å². The summed E-state index contributed by atoms with van der Waals surface area (Å²) >= 11 is 0. The van der Waals surface area contributed by atoms with Crippen LogP contribution in [-0.2, 0) is 6.54 Å². The second-order valence-corrected chi connectivity index (χ2v) is 3.55. The Morgan fingerprint density at radius 1 is 1.12 bits per heavy atom. The second kappa shape index (κ2) is 4.23. The molecule has 3 heteroatoms. The Kier molecular flexibility index (Phi) is 2.77. The first-order chi connectivity index (χ1) is 7.72. The van der Waals surface area contributed by atoms with Crippen LogP contribution in [0.2, 0.25) is 0 Å². The summed E-state index contributed by atoms with van der Waals surface area (Å²) in [5.74, 6) is 0.00820. The molecular weight excluding hydrogens is 202 g/mol. The molecular formula is C13H13NO2. The van der Waals surface area contributed by atoms with Gasteiger partial charge in [0.05, 0.1) is 0 Å². The van der Waals surface area contributed by atoms with Gasteiger partial charge in [0, 0.05) is 18.7 Å². The number of hydrogen-bond donors (Lipinski definition) is 1. The predicted octanol–water partition coefficient (Wildman–Crippen LogP) is 2.24. The maximum atomic E-state index is 11.7. The summed E-state index contributed by atoms with van der Waals surface area (Å²) < 4.78 is 1.33. The van der Waals surface area contributed by atoms with Gasteiger partial charge in [0.25, 0.3) is 5.56 Å². The molecule has 0 spiro atoms. The van der Waals surface area contributed by atoms with Crippen molar-refractivity contribution in [3.05, 3.63) is 52.8 Å². The molecule has 2 aromatic rings. The molecule has 1 N–H and O–H groups in total. The highest BCUT2D eigenvalue weighted by Gasteiger charge is 2.05. The Morgan fingerprint density at radius 2 is 1.81 bits per heavy atom. The summed E-state index contributed by atoms with van der Waals surface area (Å²) in [6.07, 6.45) is 0. The van der Waals surface area contributed by atoms with E-state index in [4.69, 9.17) is 0 Å². The second-order valence-electron chi connectivity index (χ2n) is 3.55. The van der Waals surface area contributed by atoms with Crippen molar-refractivity contribution in [3.8, 4) is 17.0 Å². The van der Waals surface area contributed by atoms with Gasteiger partial charge in [-0.3, -0.25) is 9.36 Å². The molecule has 1 aromatic carbocycles. The average Bonchev–Trinajstić information content (AvgIpc) is 2.30. The molecule has 0 bridgehead atoms. The van der Waals surface area contributed by atoms with Gasteiger partial charge in [0.2, 0.25) is 0 Å². The van der Waals surface area contributed by atoms with Gasteiger partial charge in [-0.1, -0.05) is 30.3 Å². The van der Waals surface area contributed by atoms with Crippen LogP contribution in [-0.4, -0.2) is 9.67 Å². The molecule has 0 aliphatic carbocycles. The normalized spacial score (nSPS) is 10.3. The number of nitrogens with zero attached hydrogens (tertiary/aromatic N) is 1. The van der Waals surface area contributed by atoms with Crippen molar-refractivity contribution in [1.29, 1.82) is 0 Å². The van der Waals surface area contributed by atoms with Gasteiger partial charge in [-0.05, 0) is 18.1 Å². The van der Waals surface area contributed by atoms with Crippen LogP contribution in [0.3, 0.4) is 0 Å². The molecule has 0 amide bonds. The van der Waals surface area contributed by atoms with Crippen LogP contribution >= 0.6 is 0 Å². The van der Waals surface area contributed by atoms with E-state index >= 15 is 0 Å². The zero-order chi connectivity index (χ0) is 11.5. The Labute approximate surface area is 93.6 Å². The third kappa shape index (κ3) is 1.84. The van der Waals surface area contributed by atoms with Crippen molar-refractivity contribution in [2.75, 3.05) is 0 Å². The van der Waals surface area contributed by atoms with Gasteiger partial charge in [-0.2, -0.15) is 0 Å². The Balaban J connectivity index is 2.57. The van der Waals surface area contributed by atoms with Crippen LogP contribution in [0.1, 0.15) is 6.92 Å². The lowest BCUT2D eigenvalue weighted by Crippen LogP contribution is -2.17. The van der Waals surface area contributed by atoms with E-state index in [1.807, 2.05) is 37.3 Å². The van der Waals surface area contributed by atoms with E-state index < -0.39 is 0 Å². The van der Waals surface area contributed by atoms with Gasteiger partial charge < -0.3 is 5.11 Å². The monoisotopic (exact) mass is 215 g/mol. The van der Waals surface area contributed by atoms with Gasteiger partial charge in [0.1, 0.15) is 0 Å². The third-order valence-corrected chi connectivity index (χ3v) is 2.53. The summed E-state index contributed by atoms with van der Waals surface area (Å²) in [5.41, 5.74) is 1.49. The fourth-order valence-electron chi connectivity index (χ4n) is 1.70. The molecule has 0 radical (unpaired) electrons. The van der Waals surface area contributed by atoms with Crippen LogP contribution in [0.4, 0.5) is 0 Å². The van der Waals surface area contributed by atoms with Crippen LogP contribution in [0, 0.1) is 0 Å². The molecule has 3 nitrogen and oxygen atoms in total. The topological polar surface area (TPSA) is 42.2 Å². The van der Waals surface area contributed by atoms with E-state index in [1.54, 1.807) is 12.1 Å². The molecule has 0 unspecified atom stereocenters. The predicted molar refractivity (Wildman–Crippen MR) is 63.5 cm³/mol. The van der Waals surface area contributed by atoms with E-state index in [-0.39, 0.29) is 11.4 Å². The number of hydrogen-bond acceptors (Lipinski definition) is 2. The van der Waals surface area contributed by atoms with Crippen molar-refractivity contribution in [2.24, 2.45) is 0 Å². The van der Waals surface area contributed by atoms with Crippen molar-refractivity contribution in [2.45, 2.75) is 13.5 Å². The largest absolute Gasteiger partial charge is 0.494 e. The first kappa shape index (κ1) is 10.5. The van der Waals surface area contributed by atoms with E-state index in [0.717, 1.165) is 11.1 Å². The van der Waals surface area contributed by atoms with Crippen molar-refractivity contribution < 1.29 is 5.11 Å². The van der Waals surface area contributed by atoms with Gasteiger partial charge in [0.15, 0.2) is 5.88 Å². The molecule has 2 rings (SSSR count). The molecule has 16 heavy (non-hydrogen) atoms. The minimum Gasteiger partial charge on any atom is -0.494 e. The van der Waals surface area contributed by atoms with Crippen molar-refractivity contribution in [1.82, 2.24) is 4.57 Å². The summed E-state index contributed by atoms with van der Waals surface area (Å²) in [6, 6.07) is 12.7. The fraction of sp³-hybridized carbons (Fsp3) is 0.154. The first-order valence-electron chi connectivity index (χ1n) is 5.21. The smallest absolute Gasteiger partial charge is 0.253 e. The minimum atomic E-state index is -0.179. The van der Waals surface area contributed by atoms with Crippen LogP contribution in [0.5, 0.6) is 5.88 Å². The SMILES string of the molecule is CCn1c(O)cc(-c2ccccc2)cc1=O. The Hall–Kier alpha value is -2.03. The van der Waals surface area contributed by atoms with Gasteiger partial charge in [-0.25, -0.2) is 0 Å². The number of benzene rings is 1. The van der Waals surface area contributed by atoms with E-state index in [0.29, 0.717) is 6.54 Å². The Bertz CT molecular complexity index is 544. The summed E-state index contributed by atoms with van der Waals surface area (Å²) in [7, 11) is 0. The average molecular weight is 215 g/mol. The Morgan fingerprint density at radius 3 is 2.38 bits per heavy atom. The van der Waals surface area contributed by atoms with Crippen LogP contribution in [0.25, 0.3) is 11.1 Å². The molecule has 1 heterocycles. The number of rotatable bonds is 2. The molecule has 0 atom stereocenters. The molecule has 0 aliphatic rings. The molecule has 0 saturated heterocycles. The van der Waals surface area contributed by atoms with Gasteiger partial charge >= 0.3 is 0 Å². The van der Waals surface area contributed by atoms with Crippen LogP contribution < -0.4 is 5.56 Å². The zero-order valence-electron chi connectivity index (χ0n) is 9.05. The summed E-state index contributed by atoms with van der Waals surface area (Å²) in [5, 5.41) is 9.70. The molecule has 0 saturated carbocycles. The number of aromatic nitrogens is 1. The summed E-state index contributed by atoms with van der Waals surface area (Å²) in [4.78, 5) is 11.7. The molecule has 0 aliphatic heterocycles. The van der Waals surface area contributed by atoms with E-state index in [2.05, 4.69) is 0 Å². The third-order valence-electron chi connectivity index (χ3n) is 2.53. The highest BCUT2D eigenvalue weighted by Crippen LogP contribution is 2.20. The lowest BCUT2D eigenvalue weighted by atomic mass is 10.1. The minimum absolute atomic E-state index is 0.00820. The van der Waals surface area contributed by atoms with Crippen molar-refractivity contribution in [3.63, 3.8) is 0 Å². The van der Waals surface area contributed by atoms with Gasteiger partial charge in [-0.15, -0.1) is 0 Å². The number of pyridine rings is 1. The zero-order valence-corrected chi connectivity index (χ0v) is 9.05. The van der Waals surface area contributed by atoms with E-state index in [9.17, 15) is 9.90 Å². The van der Waals surface area contributed by atoms with Crippen LogP contribution in [0.15, 0.2) is 47.3 Å². The van der Waals surface area contributed by atoms with Crippen molar-refractivity contribution >= 4 is 0 Å². The standard InChI is InChI=1S/C13H13NO2/c1-2-14-12(15)8-11(9-13(14)16)10-6-4-3-5-7-10/h3-9,15H,2H2,1H3. The lowest BCUT2D eigenvalue weighted by Gasteiger charge is -2.07. The lowest BCUT2D eigenvalue weighted by molar-refractivity contribution is 0.412. The highest BCUT2D eigenvalue weighted by molar-refractivity contribution is 5.63. The quantitative estimate of drug-likeness (QED) is 0.834. The highest BCUT2D eigenvalue weighted by atomic mass is 16.3. The fourth-order valence-corrected chi connectivity index (χ4v) is 1.70. The maximum absolute atomic E-state index is 11.7. The summed E-state index contributed by atoms with van der Waals surface area (Å²) in [6.45, 7) is 2.29. The molecule has 1 aromatic heterocycles. The molecule has 0 fully saturated rings. The first-order valence-corrected chi connectivity index (χ1v) is 5.21.